The zero-order valence-corrected chi connectivity index (χ0v) is 11.9. The molecule has 2 N–H and O–H groups in total. The summed E-state index contributed by atoms with van der Waals surface area (Å²) in [6.07, 6.45) is 3.67. The van der Waals surface area contributed by atoms with Crippen molar-refractivity contribution in [3.63, 3.8) is 0 Å². The second kappa shape index (κ2) is 6.83. The second-order valence-electron chi connectivity index (χ2n) is 4.92. The Bertz CT molecular complexity index is 655. The molecule has 5 nitrogen and oxygen atoms in total. The minimum atomic E-state index is -1.02. The molecule has 0 fully saturated rings. The van der Waals surface area contributed by atoms with Crippen LogP contribution in [0.5, 0.6) is 0 Å². The Labute approximate surface area is 123 Å². The molecule has 1 amide bonds. The van der Waals surface area contributed by atoms with E-state index < -0.39 is 17.9 Å². The van der Waals surface area contributed by atoms with E-state index in [2.05, 4.69) is 10.3 Å². The molecule has 0 radical (unpaired) electrons. The van der Waals surface area contributed by atoms with Crippen molar-refractivity contribution in [1.29, 1.82) is 0 Å². The van der Waals surface area contributed by atoms with Gasteiger partial charge in [-0.15, -0.1) is 0 Å². The molecule has 0 saturated heterocycles. The average molecular weight is 286 g/mol. The third-order valence-electron chi connectivity index (χ3n) is 3.31. The summed E-state index contributed by atoms with van der Waals surface area (Å²) in [5, 5.41) is 13.5. The monoisotopic (exact) mass is 286 g/mol. The molecule has 0 bridgehead atoms. The molecule has 2 rings (SSSR count). The van der Waals surface area contributed by atoms with Gasteiger partial charge in [-0.1, -0.05) is 44.0 Å². The standard InChI is InChI=1S/C16H18N2O3/c1-2-3-8-13(16(20)21)18-15(19)14-9-11-6-4-5-7-12(11)10-17-14/h4-7,9-10,13H,2-3,8H2,1H3,(H,18,19)(H,20,21). The number of amides is 1. The Hall–Kier alpha value is -2.43. The molecular formula is C16H18N2O3. The van der Waals surface area contributed by atoms with Crippen LogP contribution in [0.1, 0.15) is 36.7 Å². The minimum Gasteiger partial charge on any atom is -0.480 e. The van der Waals surface area contributed by atoms with E-state index in [4.69, 9.17) is 5.11 Å². The van der Waals surface area contributed by atoms with Crippen LogP contribution in [0.15, 0.2) is 36.5 Å². The van der Waals surface area contributed by atoms with Crippen LogP contribution in [-0.4, -0.2) is 28.0 Å². The first-order chi connectivity index (χ1) is 10.1. The lowest BCUT2D eigenvalue weighted by molar-refractivity contribution is -0.139. The molecule has 1 atom stereocenters. The molecule has 0 aliphatic carbocycles. The van der Waals surface area contributed by atoms with Crippen LogP contribution in [0.3, 0.4) is 0 Å². The first-order valence-corrected chi connectivity index (χ1v) is 7.00. The number of nitrogens with zero attached hydrogens (tertiary/aromatic N) is 1. The number of aromatic nitrogens is 1. The molecule has 110 valence electrons. The van der Waals surface area contributed by atoms with Gasteiger partial charge in [0.25, 0.3) is 5.91 Å². The van der Waals surface area contributed by atoms with Crippen molar-refractivity contribution in [3.05, 3.63) is 42.2 Å². The Kier molecular flexibility index (Phi) is 4.87. The SMILES string of the molecule is CCCCC(NC(=O)c1cc2ccccc2cn1)C(=O)O. The van der Waals surface area contributed by atoms with Crippen LogP contribution in [0.4, 0.5) is 0 Å². The summed E-state index contributed by atoms with van der Waals surface area (Å²) < 4.78 is 0. The molecule has 0 aliphatic rings. The van der Waals surface area contributed by atoms with Crippen molar-refractivity contribution in [2.45, 2.75) is 32.2 Å². The highest BCUT2D eigenvalue weighted by Gasteiger charge is 2.20. The van der Waals surface area contributed by atoms with Gasteiger partial charge in [-0.3, -0.25) is 9.78 Å². The average Bonchev–Trinajstić information content (AvgIpc) is 2.50. The maximum atomic E-state index is 12.1. The van der Waals surface area contributed by atoms with Gasteiger partial charge in [0.15, 0.2) is 0 Å². The number of nitrogens with one attached hydrogen (secondary N) is 1. The molecular weight excluding hydrogens is 268 g/mol. The number of carboxylic acid groups (broad SMARTS) is 1. The van der Waals surface area contributed by atoms with Gasteiger partial charge in [0, 0.05) is 11.6 Å². The van der Waals surface area contributed by atoms with Crippen LogP contribution in [0.25, 0.3) is 10.8 Å². The predicted molar refractivity (Wildman–Crippen MR) is 80.2 cm³/mol. The highest BCUT2D eigenvalue weighted by atomic mass is 16.4. The lowest BCUT2D eigenvalue weighted by Crippen LogP contribution is -2.41. The molecule has 1 heterocycles. The quantitative estimate of drug-likeness (QED) is 0.855. The van der Waals surface area contributed by atoms with Crippen LogP contribution >= 0.6 is 0 Å². The molecule has 21 heavy (non-hydrogen) atoms. The molecule has 0 spiro atoms. The van der Waals surface area contributed by atoms with Gasteiger partial charge >= 0.3 is 5.97 Å². The number of hydrogen-bond donors (Lipinski definition) is 2. The molecule has 1 unspecified atom stereocenters. The number of rotatable bonds is 6. The molecule has 0 aliphatic heterocycles. The van der Waals surface area contributed by atoms with Crippen molar-refractivity contribution in [2.24, 2.45) is 0 Å². The summed E-state index contributed by atoms with van der Waals surface area (Å²) >= 11 is 0. The summed E-state index contributed by atoms with van der Waals surface area (Å²) in [4.78, 5) is 27.4. The van der Waals surface area contributed by atoms with E-state index in [9.17, 15) is 9.59 Å². The summed E-state index contributed by atoms with van der Waals surface area (Å²) in [6, 6.07) is 8.37. The first-order valence-electron chi connectivity index (χ1n) is 7.00. The van der Waals surface area contributed by atoms with Gasteiger partial charge in [-0.05, 0) is 17.9 Å². The van der Waals surface area contributed by atoms with E-state index >= 15 is 0 Å². The third kappa shape index (κ3) is 3.78. The fourth-order valence-corrected chi connectivity index (χ4v) is 2.11. The Morgan fingerprint density at radius 1 is 1.29 bits per heavy atom. The highest BCUT2D eigenvalue weighted by molar-refractivity contribution is 5.98. The number of carboxylic acids is 1. The fraction of sp³-hybridized carbons (Fsp3) is 0.312. The molecule has 5 heteroatoms. The lowest BCUT2D eigenvalue weighted by atomic mass is 10.1. The zero-order chi connectivity index (χ0) is 15.2. The Balaban J connectivity index is 2.15. The first kappa shape index (κ1) is 15.0. The van der Waals surface area contributed by atoms with Gasteiger partial charge < -0.3 is 10.4 Å². The molecule has 1 aromatic heterocycles. The van der Waals surface area contributed by atoms with Gasteiger partial charge in [-0.2, -0.15) is 0 Å². The summed E-state index contributed by atoms with van der Waals surface area (Å²) in [6.45, 7) is 1.98. The van der Waals surface area contributed by atoms with Crippen molar-refractivity contribution >= 4 is 22.6 Å². The molecule has 2 aromatic rings. The Morgan fingerprint density at radius 2 is 2.00 bits per heavy atom. The largest absolute Gasteiger partial charge is 0.480 e. The lowest BCUT2D eigenvalue weighted by Gasteiger charge is -2.13. The van der Waals surface area contributed by atoms with Gasteiger partial charge in [0.1, 0.15) is 11.7 Å². The minimum absolute atomic E-state index is 0.233. The summed E-state index contributed by atoms with van der Waals surface area (Å²) in [7, 11) is 0. The van der Waals surface area contributed by atoms with E-state index in [1.807, 2.05) is 31.2 Å². The van der Waals surface area contributed by atoms with Gasteiger partial charge in [0.2, 0.25) is 0 Å². The van der Waals surface area contributed by atoms with Crippen LogP contribution < -0.4 is 5.32 Å². The van der Waals surface area contributed by atoms with Crippen molar-refractivity contribution < 1.29 is 14.7 Å². The van der Waals surface area contributed by atoms with Gasteiger partial charge in [-0.25, -0.2) is 4.79 Å². The van der Waals surface area contributed by atoms with Gasteiger partial charge in [0.05, 0.1) is 0 Å². The number of carbonyl (C=O) groups excluding carboxylic acids is 1. The molecule has 1 aromatic carbocycles. The second-order valence-corrected chi connectivity index (χ2v) is 4.92. The number of aliphatic carboxylic acids is 1. The van der Waals surface area contributed by atoms with Crippen molar-refractivity contribution in [2.75, 3.05) is 0 Å². The number of fused-ring (bicyclic) bond motifs is 1. The summed E-state index contributed by atoms with van der Waals surface area (Å²) in [5.41, 5.74) is 0.233. The normalized spacial score (nSPS) is 12.0. The Morgan fingerprint density at radius 3 is 2.67 bits per heavy atom. The highest BCUT2D eigenvalue weighted by Crippen LogP contribution is 2.13. The van der Waals surface area contributed by atoms with E-state index in [-0.39, 0.29) is 5.69 Å². The van der Waals surface area contributed by atoms with E-state index in [0.29, 0.717) is 6.42 Å². The van der Waals surface area contributed by atoms with Crippen LogP contribution in [0.2, 0.25) is 0 Å². The maximum Gasteiger partial charge on any atom is 0.326 e. The summed E-state index contributed by atoms with van der Waals surface area (Å²) in [5.74, 6) is -1.47. The molecule has 0 saturated carbocycles. The number of unbranched alkanes of at least 4 members (excludes halogenated alkanes) is 1. The number of hydrogen-bond acceptors (Lipinski definition) is 3. The van der Waals surface area contributed by atoms with E-state index in [1.165, 1.54) is 0 Å². The third-order valence-corrected chi connectivity index (χ3v) is 3.31. The van der Waals surface area contributed by atoms with E-state index in [0.717, 1.165) is 23.6 Å². The fourth-order valence-electron chi connectivity index (χ4n) is 2.11. The number of benzene rings is 1. The van der Waals surface area contributed by atoms with Crippen LogP contribution in [0, 0.1) is 0 Å². The zero-order valence-electron chi connectivity index (χ0n) is 11.9. The predicted octanol–water partition coefficient (Wildman–Crippen LogP) is 2.61. The van der Waals surface area contributed by atoms with E-state index in [1.54, 1.807) is 12.3 Å². The van der Waals surface area contributed by atoms with Crippen LogP contribution in [-0.2, 0) is 4.79 Å². The number of carbonyl (C=O) groups is 2. The smallest absolute Gasteiger partial charge is 0.326 e. The maximum absolute atomic E-state index is 12.1. The number of pyridine rings is 1. The van der Waals surface area contributed by atoms with Crippen molar-refractivity contribution in [1.82, 2.24) is 10.3 Å². The van der Waals surface area contributed by atoms with Crippen molar-refractivity contribution in [3.8, 4) is 0 Å². The topological polar surface area (TPSA) is 79.3 Å².